The fraction of sp³-hybridized carbons (Fsp3) is 0.538. The van der Waals surface area contributed by atoms with E-state index < -0.39 is 0 Å². The summed E-state index contributed by atoms with van der Waals surface area (Å²) in [5.41, 5.74) is 1.30. The molecule has 0 aliphatic carbocycles. The van der Waals surface area contributed by atoms with Crippen LogP contribution in [0.15, 0.2) is 24.3 Å². The number of hydrogen-bond donors (Lipinski definition) is 1. The van der Waals surface area contributed by atoms with E-state index in [9.17, 15) is 0 Å². The van der Waals surface area contributed by atoms with Gasteiger partial charge >= 0.3 is 0 Å². The van der Waals surface area contributed by atoms with Gasteiger partial charge in [0.25, 0.3) is 0 Å². The van der Waals surface area contributed by atoms with Gasteiger partial charge in [0, 0.05) is 12.6 Å². The number of nitrogens with one attached hydrogen (secondary N) is 1. The van der Waals surface area contributed by atoms with E-state index in [1.165, 1.54) is 5.56 Å². The van der Waals surface area contributed by atoms with Gasteiger partial charge in [0.2, 0.25) is 0 Å². The average molecular weight is 207 g/mol. The van der Waals surface area contributed by atoms with Crippen LogP contribution in [0.2, 0.25) is 0 Å². The van der Waals surface area contributed by atoms with Crippen LogP contribution >= 0.6 is 0 Å². The van der Waals surface area contributed by atoms with E-state index in [1.54, 1.807) is 0 Å². The van der Waals surface area contributed by atoms with E-state index in [0.29, 0.717) is 6.04 Å². The zero-order valence-corrected chi connectivity index (χ0v) is 9.92. The Morgan fingerprint density at radius 3 is 2.40 bits per heavy atom. The van der Waals surface area contributed by atoms with E-state index in [-0.39, 0.29) is 0 Å². The summed E-state index contributed by atoms with van der Waals surface area (Å²) in [6.07, 6.45) is 1.16. The molecule has 84 valence electrons. The molecule has 0 aliphatic rings. The van der Waals surface area contributed by atoms with Gasteiger partial charge in [-0.1, -0.05) is 19.1 Å². The van der Waals surface area contributed by atoms with Crippen LogP contribution in [0.3, 0.4) is 0 Å². The van der Waals surface area contributed by atoms with Gasteiger partial charge in [-0.2, -0.15) is 0 Å². The normalized spacial score (nSPS) is 12.5. The topological polar surface area (TPSA) is 21.3 Å². The molecule has 0 aromatic heterocycles. The van der Waals surface area contributed by atoms with Crippen molar-refractivity contribution in [2.45, 2.75) is 39.8 Å². The molecule has 0 bridgehead atoms. The second kappa shape index (κ2) is 6.46. The Morgan fingerprint density at radius 1 is 1.20 bits per heavy atom. The molecule has 2 nitrogen and oxygen atoms in total. The van der Waals surface area contributed by atoms with E-state index in [4.69, 9.17) is 4.74 Å². The lowest BCUT2D eigenvalue weighted by molar-refractivity contribution is 0.340. The van der Waals surface area contributed by atoms with Crippen molar-refractivity contribution >= 4 is 0 Å². The van der Waals surface area contributed by atoms with Crippen molar-refractivity contribution in [3.8, 4) is 5.75 Å². The Bertz CT molecular complexity index is 268. The van der Waals surface area contributed by atoms with Gasteiger partial charge in [-0.3, -0.25) is 0 Å². The Morgan fingerprint density at radius 2 is 1.87 bits per heavy atom. The Kier molecular flexibility index (Phi) is 5.19. The van der Waals surface area contributed by atoms with Crippen molar-refractivity contribution in [2.24, 2.45) is 0 Å². The molecule has 2 heteroatoms. The van der Waals surface area contributed by atoms with E-state index in [1.807, 2.05) is 19.1 Å². The minimum atomic E-state index is 0.580. The second-order valence-corrected chi connectivity index (χ2v) is 3.77. The van der Waals surface area contributed by atoms with E-state index in [2.05, 4.69) is 31.3 Å². The summed E-state index contributed by atoms with van der Waals surface area (Å²) in [4.78, 5) is 0. The summed E-state index contributed by atoms with van der Waals surface area (Å²) < 4.78 is 5.39. The quantitative estimate of drug-likeness (QED) is 0.774. The number of benzene rings is 1. The van der Waals surface area contributed by atoms with Crippen LogP contribution in [0.4, 0.5) is 0 Å². The molecule has 0 aliphatic heterocycles. The van der Waals surface area contributed by atoms with Crippen molar-refractivity contribution in [1.82, 2.24) is 5.32 Å². The number of hydrogen-bond acceptors (Lipinski definition) is 2. The van der Waals surface area contributed by atoms with Crippen molar-refractivity contribution in [1.29, 1.82) is 0 Å². The van der Waals surface area contributed by atoms with Crippen LogP contribution in [-0.4, -0.2) is 12.6 Å². The molecule has 0 heterocycles. The van der Waals surface area contributed by atoms with Crippen molar-refractivity contribution in [3.63, 3.8) is 0 Å². The van der Waals surface area contributed by atoms with Gasteiger partial charge in [-0.05, 0) is 38.0 Å². The molecule has 1 unspecified atom stereocenters. The lowest BCUT2D eigenvalue weighted by Gasteiger charge is -2.11. The molecule has 0 radical (unpaired) electrons. The van der Waals surface area contributed by atoms with Crippen LogP contribution in [0.5, 0.6) is 5.75 Å². The maximum Gasteiger partial charge on any atom is 0.119 e. The van der Waals surface area contributed by atoms with E-state index in [0.717, 1.165) is 25.3 Å². The Balaban J connectivity index is 2.42. The molecule has 0 spiro atoms. The molecule has 1 aromatic rings. The van der Waals surface area contributed by atoms with Crippen LogP contribution in [0.25, 0.3) is 0 Å². The van der Waals surface area contributed by atoms with Gasteiger partial charge in [0.15, 0.2) is 0 Å². The van der Waals surface area contributed by atoms with Gasteiger partial charge in [0.05, 0.1) is 6.61 Å². The van der Waals surface area contributed by atoms with Gasteiger partial charge < -0.3 is 10.1 Å². The van der Waals surface area contributed by atoms with Gasteiger partial charge in [-0.15, -0.1) is 0 Å². The molecule has 1 N–H and O–H groups in total. The summed E-state index contributed by atoms with van der Waals surface area (Å²) in [5, 5.41) is 3.46. The number of ether oxygens (including phenoxy) is 1. The van der Waals surface area contributed by atoms with Crippen LogP contribution in [0, 0.1) is 0 Å². The van der Waals surface area contributed by atoms with Gasteiger partial charge in [-0.25, -0.2) is 0 Å². The molecule has 0 saturated carbocycles. The highest BCUT2D eigenvalue weighted by Crippen LogP contribution is 2.11. The first-order chi connectivity index (χ1) is 7.26. The third-order valence-corrected chi connectivity index (χ3v) is 2.50. The maximum atomic E-state index is 5.39. The molecular formula is C13H21NO. The van der Waals surface area contributed by atoms with Crippen LogP contribution in [-0.2, 0) is 6.54 Å². The second-order valence-electron chi connectivity index (χ2n) is 3.77. The first-order valence-electron chi connectivity index (χ1n) is 5.71. The zero-order valence-electron chi connectivity index (χ0n) is 9.92. The van der Waals surface area contributed by atoms with E-state index >= 15 is 0 Å². The highest BCUT2D eigenvalue weighted by Gasteiger charge is 1.98. The monoisotopic (exact) mass is 207 g/mol. The first kappa shape index (κ1) is 12.1. The molecule has 1 atom stereocenters. The summed E-state index contributed by atoms with van der Waals surface area (Å²) in [6.45, 7) is 8.05. The highest BCUT2D eigenvalue weighted by molar-refractivity contribution is 5.27. The minimum absolute atomic E-state index is 0.580. The molecule has 1 aromatic carbocycles. The fourth-order valence-corrected chi connectivity index (χ4v) is 1.31. The summed E-state index contributed by atoms with van der Waals surface area (Å²) >= 11 is 0. The third-order valence-electron chi connectivity index (χ3n) is 2.50. The molecule has 0 fully saturated rings. The minimum Gasteiger partial charge on any atom is -0.494 e. The first-order valence-corrected chi connectivity index (χ1v) is 5.71. The molecule has 0 saturated heterocycles. The van der Waals surface area contributed by atoms with Crippen LogP contribution in [0.1, 0.15) is 32.8 Å². The lowest BCUT2D eigenvalue weighted by atomic mass is 10.2. The Labute approximate surface area is 92.6 Å². The standard InChI is InChI=1S/C13H21NO/c1-4-11(3)14-10-12-6-8-13(9-7-12)15-5-2/h6-9,11,14H,4-5,10H2,1-3H3. The predicted octanol–water partition coefficient (Wildman–Crippen LogP) is 2.97. The largest absolute Gasteiger partial charge is 0.494 e. The van der Waals surface area contributed by atoms with Crippen molar-refractivity contribution in [2.75, 3.05) is 6.61 Å². The molecule has 0 amide bonds. The fourth-order valence-electron chi connectivity index (χ4n) is 1.31. The predicted molar refractivity (Wildman–Crippen MR) is 64.2 cm³/mol. The van der Waals surface area contributed by atoms with Crippen molar-refractivity contribution in [3.05, 3.63) is 29.8 Å². The summed E-state index contributed by atoms with van der Waals surface area (Å²) in [6, 6.07) is 8.85. The molecular weight excluding hydrogens is 186 g/mol. The smallest absolute Gasteiger partial charge is 0.119 e. The summed E-state index contributed by atoms with van der Waals surface area (Å²) in [5.74, 6) is 0.949. The van der Waals surface area contributed by atoms with Crippen LogP contribution < -0.4 is 10.1 Å². The lowest BCUT2D eigenvalue weighted by Crippen LogP contribution is -2.24. The Hall–Kier alpha value is -1.02. The average Bonchev–Trinajstić information content (AvgIpc) is 2.28. The van der Waals surface area contributed by atoms with Crippen molar-refractivity contribution < 1.29 is 4.74 Å². The van der Waals surface area contributed by atoms with Gasteiger partial charge in [0.1, 0.15) is 5.75 Å². The molecule has 15 heavy (non-hydrogen) atoms. The SMILES string of the molecule is CCOc1ccc(CNC(C)CC)cc1. The zero-order chi connectivity index (χ0) is 11.1. The third kappa shape index (κ3) is 4.34. The molecule has 1 rings (SSSR count). The highest BCUT2D eigenvalue weighted by atomic mass is 16.5. The maximum absolute atomic E-state index is 5.39. The summed E-state index contributed by atoms with van der Waals surface area (Å²) in [7, 11) is 0. The number of rotatable bonds is 6.